The van der Waals surface area contributed by atoms with Gasteiger partial charge in [-0.15, -0.1) is 0 Å². The van der Waals surface area contributed by atoms with Crippen LogP contribution in [0.3, 0.4) is 0 Å². The van der Waals surface area contributed by atoms with Gasteiger partial charge in [0.15, 0.2) is 0 Å². The van der Waals surface area contributed by atoms with Crippen LogP contribution in [0.2, 0.25) is 0 Å². The van der Waals surface area contributed by atoms with Crippen LogP contribution in [-0.2, 0) is 0 Å². The van der Waals surface area contributed by atoms with Gasteiger partial charge in [-0.25, -0.2) is 0 Å². The molecular weight excluding hydrogens is 62.1 g/mol. The van der Waals surface area contributed by atoms with Crippen LogP contribution in [0.25, 0.3) is 0 Å². The van der Waals surface area contributed by atoms with Crippen LogP contribution in [0.15, 0.2) is 4.99 Å². The molecule has 0 aliphatic rings. The lowest BCUT2D eigenvalue weighted by Gasteiger charge is -1.63. The van der Waals surface area contributed by atoms with Gasteiger partial charge in [0.25, 0.3) is 0 Å². The summed E-state index contributed by atoms with van der Waals surface area (Å²) in [6.45, 7) is 3.47. The van der Waals surface area contributed by atoms with E-state index in [0.29, 0.717) is 6.42 Å². The number of rotatable bonds is 1. The fourth-order valence-electron chi connectivity index (χ4n) is 0.112. The first kappa shape index (κ1) is 4.67. The highest BCUT2D eigenvalue weighted by atomic mass is 14.6. The average Bonchev–Trinajstić information content (AvgIpc) is 1.41. The van der Waals surface area contributed by atoms with Gasteiger partial charge in [-0.2, -0.15) is 0 Å². The SMILES string of the molecule is [CH2]C/[C]=N\C. The van der Waals surface area contributed by atoms with E-state index < -0.39 is 0 Å². The zero-order chi connectivity index (χ0) is 4.12. The van der Waals surface area contributed by atoms with Gasteiger partial charge in [-0.1, -0.05) is 0 Å². The third-order valence-electron chi connectivity index (χ3n) is 0.270. The molecule has 0 saturated heterocycles. The average molecular weight is 69.1 g/mol. The Hall–Kier alpha value is -0.330. The van der Waals surface area contributed by atoms with Gasteiger partial charge in [-0.05, 0) is 13.3 Å². The summed E-state index contributed by atoms with van der Waals surface area (Å²) in [7, 11) is 1.69. The highest BCUT2D eigenvalue weighted by Gasteiger charge is 1.55. The maximum atomic E-state index is 3.54. The summed E-state index contributed by atoms with van der Waals surface area (Å²) >= 11 is 0. The van der Waals surface area contributed by atoms with E-state index in [-0.39, 0.29) is 0 Å². The van der Waals surface area contributed by atoms with Crippen molar-refractivity contribution in [2.24, 2.45) is 4.99 Å². The summed E-state index contributed by atoms with van der Waals surface area (Å²) in [6, 6.07) is 0. The molecule has 0 fully saturated rings. The molecule has 2 radical (unpaired) electrons. The Balaban J connectivity index is 2.62. The molecule has 28 valence electrons. The van der Waals surface area contributed by atoms with Crippen LogP contribution < -0.4 is 0 Å². The minimum Gasteiger partial charge on any atom is -0.291 e. The molecule has 1 nitrogen and oxygen atoms in total. The molecule has 0 aliphatic carbocycles. The Bertz CT molecular complexity index is 30.6. The molecule has 0 aliphatic heterocycles. The van der Waals surface area contributed by atoms with Crippen LogP contribution in [0, 0.1) is 6.92 Å². The van der Waals surface area contributed by atoms with Crippen molar-refractivity contribution < 1.29 is 0 Å². The zero-order valence-corrected chi connectivity index (χ0v) is 3.36. The number of hydrogen-bond donors (Lipinski definition) is 0. The normalized spacial score (nSPS) is 10.0. The Morgan fingerprint density at radius 3 is 2.60 bits per heavy atom. The largest absolute Gasteiger partial charge is 0.291 e. The van der Waals surface area contributed by atoms with E-state index in [1.807, 2.05) is 0 Å². The molecule has 0 atom stereocenters. The molecule has 0 unspecified atom stereocenters. The lowest BCUT2D eigenvalue weighted by molar-refractivity contribution is 1.41. The van der Waals surface area contributed by atoms with Crippen LogP contribution >= 0.6 is 0 Å². The number of hydrogen-bond acceptors (Lipinski definition) is 1. The summed E-state index contributed by atoms with van der Waals surface area (Å²) in [4.78, 5) is 3.54. The van der Waals surface area contributed by atoms with E-state index in [0.717, 1.165) is 0 Å². The summed E-state index contributed by atoms with van der Waals surface area (Å²) in [5, 5.41) is 0. The van der Waals surface area contributed by atoms with Gasteiger partial charge in [0, 0.05) is 7.05 Å². The minimum atomic E-state index is 0.677. The van der Waals surface area contributed by atoms with E-state index >= 15 is 0 Å². The summed E-state index contributed by atoms with van der Waals surface area (Å²) in [5.41, 5.74) is 0. The molecule has 0 spiro atoms. The second kappa shape index (κ2) is 3.67. The van der Waals surface area contributed by atoms with Gasteiger partial charge in [-0.3, -0.25) is 4.99 Å². The van der Waals surface area contributed by atoms with Gasteiger partial charge in [0.2, 0.25) is 0 Å². The fourth-order valence-corrected chi connectivity index (χ4v) is 0.112. The summed E-state index contributed by atoms with van der Waals surface area (Å²) < 4.78 is 0. The van der Waals surface area contributed by atoms with Crippen LogP contribution in [-0.4, -0.2) is 13.3 Å². The lowest BCUT2D eigenvalue weighted by Crippen LogP contribution is -1.61. The van der Waals surface area contributed by atoms with Crippen molar-refractivity contribution >= 4 is 6.21 Å². The van der Waals surface area contributed by atoms with E-state index in [1.54, 1.807) is 7.05 Å². The summed E-state index contributed by atoms with van der Waals surface area (Å²) in [5.74, 6) is 0. The molecule has 0 amide bonds. The van der Waals surface area contributed by atoms with E-state index in [1.165, 1.54) is 0 Å². The molecule has 0 aromatic heterocycles. The fraction of sp³-hybridized carbons (Fsp3) is 0.500. The van der Waals surface area contributed by atoms with Gasteiger partial charge >= 0.3 is 0 Å². The second-order valence-electron chi connectivity index (χ2n) is 0.632. The quantitative estimate of drug-likeness (QED) is 0.403. The molecule has 0 rings (SSSR count). The van der Waals surface area contributed by atoms with Gasteiger partial charge in [0.1, 0.15) is 0 Å². The minimum absolute atomic E-state index is 0.677. The van der Waals surface area contributed by atoms with Crippen LogP contribution in [0.4, 0.5) is 0 Å². The Morgan fingerprint density at radius 1 is 2.00 bits per heavy atom. The standard InChI is InChI=1S/C4H7N/c1-3-4-5-2/h1,3H2,2H3. The van der Waals surface area contributed by atoms with E-state index in [4.69, 9.17) is 0 Å². The predicted molar refractivity (Wildman–Crippen MR) is 23.3 cm³/mol. The number of nitrogens with zero attached hydrogens (tertiary/aromatic N) is 1. The molecule has 0 saturated carbocycles. The van der Waals surface area contributed by atoms with Crippen molar-refractivity contribution in [2.45, 2.75) is 6.42 Å². The highest BCUT2D eigenvalue weighted by molar-refractivity contribution is 5.57. The van der Waals surface area contributed by atoms with Crippen molar-refractivity contribution in [1.82, 2.24) is 0 Å². The molecule has 0 heterocycles. The van der Waals surface area contributed by atoms with Crippen molar-refractivity contribution in [1.29, 1.82) is 0 Å². The smallest absolute Gasteiger partial charge is 0.0554 e. The topological polar surface area (TPSA) is 12.4 Å². The first-order valence-electron chi connectivity index (χ1n) is 1.52. The monoisotopic (exact) mass is 69.1 g/mol. The van der Waals surface area contributed by atoms with Crippen molar-refractivity contribution in [2.75, 3.05) is 7.05 Å². The maximum Gasteiger partial charge on any atom is 0.0554 e. The third-order valence-corrected chi connectivity index (χ3v) is 0.270. The zero-order valence-electron chi connectivity index (χ0n) is 3.36. The van der Waals surface area contributed by atoms with Crippen molar-refractivity contribution in [3.63, 3.8) is 0 Å². The van der Waals surface area contributed by atoms with E-state index in [9.17, 15) is 0 Å². The van der Waals surface area contributed by atoms with Crippen LogP contribution in [0.1, 0.15) is 6.42 Å². The molecule has 0 aromatic rings. The van der Waals surface area contributed by atoms with Crippen molar-refractivity contribution in [3.05, 3.63) is 6.92 Å². The Kier molecular flexibility index (Phi) is 3.43. The predicted octanol–water partition coefficient (Wildman–Crippen LogP) is 0.788. The molecular formula is C4H7N. The first-order chi connectivity index (χ1) is 2.41. The van der Waals surface area contributed by atoms with Crippen LogP contribution in [0.5, 0.6) is 0 Å². The van der Waals surface area contributed by atoms with Gasteiger partial charge in [0.05, 0.1) is 6.21 Å². The molecule has 0 aromatic carbocycles. The molecule has 1 heteroatoms. The Labute approximate surface area is 32.7 Å². The summed E-state index contributed by atoms with van der Waals surface area (Å²) in [6.07, 6.45) is 3.30. The molecule has 0 bridgehead atoms. The highest BCUT2D eigenvalue weighted by Crippen LogP contribution is 1.59. The second-order valence-corrected chi connectivity index (χ2v) is 0.632. The Morgan fingerprint density at radius 2 is 2.60 bits per heavy atom. The molecule has 0 N–H and O–H groups in total. The third kappa shape index (κ3) is 3.67. The maximum absolute atomic E-state index is 3.54. The van der Waals surface area contributed by atoms with Gasteiger partial charge < -0.3 is 0 Å². The molecule has 5 heavy (non-hydrogen) atoms. The van der Waals surface area contributed by atoms with Crippen molar-refractivity contribution in [3.8, 4) is 0 Å². The number of aliphatic imine (C=N–C) groups is 1. The first-order valence-corrected chi connectivity index (χ1v) is 1.52. The lowest BCUT2D eigenvalue weighted by atomic mass is 10.5. The van der Waals surface area contributed by atoms with E-state index in [2.05, 4.69) is 18.1 Å².